The summed E-state index contributed by atoms with van der Waals surface area (Å²) in [7, 11) is 0. The van der Waals surface area contributed by atoms with Crippen molar-refractivity contribution in [2.24, 2.45) is 0 Å². The second-order valence-electron chi connectivity index (χ2n) is 6.15. The summed E-state index contributed by atoms with van der Waals surface area (Å²) in [5.41, 5.74) is -0.00149. The third kappa shape index (κ3) is 3.19. The van der Waals surface area contributed by atoms with Gasteiger partial charge in [0.25, 0.3) is 5.91 Å². The minimum atomic E-state index is -4.50. The van der Waals surface area contributed by atoms with E-state index in [2.05, 4.69) is 0 Å². The summed E-state index contributed by atoms with van der Waals surface area (Å²) in [5.74, 6) is -1.90. The predicted octanol–water partition coefficient (Wildman–Crippen LogP) is 5.32. The van der Waals surface area contributed by atoms with Crippen LogP contribution in [0.3, 0.4) is 0 Å². The quantitative estimate of drug-likeness (QED) is 0.639. The highest BCUT2D eigenvalue weighted by molar-refractivity contribution is 6.36. The van der Waals surface area contributed by atoms with Gasteiger partial charge in [-0.3, -0.25) is 9.36 Å². The highest BCUT2D eigenvalue weighted by Gasteiger charge is 2.32. The molecule has 0 saturated carbocycles. The van der Waals surface area contributed by atoms with Crippen LogP contribution in [0.4, 0.5) is 13.2 Å². The molecule has 0 spiro atoms. The van der Waals surface area contributed by atoms with E-state index in [4.69, 9.17) is 16.7 Å². The Morgan fingerprint density at radius 2 is 1.70 bits per heavy atom. The van der Waals surface area contributed by atoms with Gasteiger partial charge in [0.15, 0.2) is 0 Å². The molecular formula is C19H13ClF3NO3. The minimum Gasteiger partial charge on any atom is -0.478 e. The number of aryl methyl sites for hydroxylation is 2. The number of alkyl halides is 3. The van der Waals surface area contributed by atoms with Gasteiger partial charge in [-0.2, -0.15) is 13.2 Å². The summed E-state index contributed by atoms with van der Waals surface area (Å²) in [5, 5.41) is 9.23. The molecule has 0 aliphatic carbocycles. The molecule has 0 radical (unpaired) electrons. The minimum absolute atomic E-state index is 0.0484. The largest absolute Gasteiger partial charge is 0.478 e. The van der Waals surface area contributed by atoms with Crippen LogP contribution in [-0.4, -0.2) is 21.6 Å². The normalized spacial score (nSPS) is 11.8. The molecule has 0 fully saturated rings. The number of carbonyl (C=O) groups excluding carboxylic acids is 1. The van der Waals surface area contributed by atoms with Gasteiger partial charge in [0, 0.05) is 11.6 Å². The van der Waals surface area contributed by atoms with E-state index in [-0.39, 0.29) is 21.7 Å². The number of benzene rings is 2. The molecule has 140 valence electrons. The van der Waals surface area contributed by atoms with Gasteiger partial charge in [0.05, 0.1) is 27.2 Å². The number of rotatable bonds is 2. The summed E-state index contributed by atoms with van der Waals surface area (Å²) in [4.78, 5) is 24.2. The third-order valence-corrected chi connectivity index (χ3v) is 4.70. The van der Waals surface area contributed by atoms with Crippen LogP contribution in [0.15, 0.2) is 36.5 Å². The Hall–Kier alpha value is -2.80. The topological polar surface area (TPSA) is 59.3 Å². The van der Waals surface area contributed by atoms with Gasteiger partial charge >= 0.3 is 12.1 Å². The third-order valence-electron chi connectivity index (χ3n) is 4.29. The SMILES string of the molecule is Cc1cn(C(=O)c2cccc(C(=O)O)c2Cl)c2c(C)cc(C(F)(F)F)cc12. The maximum absolute atomic E-state index is 13.1. The fourth-order valence-corrected chi connectivity index (χ4v) is 3.33. The molecule has 1 N–H and O–H groups in total. The molecule has 8 heteroatoms. The van der Waals surface area contributed by atoms with E-state index in [1.807, 2.05) is 0 Å². The van der Waals surface area contributed by atoms with Crippen LogP contribution in [0, 0.1) is 13.8 Å². The Kier molecular flexibility index (Phi) is 4.51. The van der Waals surface area contributed by atoms with Crippen LogP contribution in [0.1, 0.15) is 37.4 Å². The van der Waals surface area contributed by atoms with Crippen molar-refractivity contribution in [1.29, 1.82) is 0 Å². The van der Waals surface area contributed by atoms with E-state index in [1.165, 1.54) is 35.9 Å². The van der Waals surface area contributed by atoms with Crippen molar-refractivity contribution in [3.05, 3.63) is 69.4 Å². The van der Waals surface area contributed by atoms with Gasteiger partial charge < -0.3 is 5.11 Å². The summed E-state index contributed by atoms with van der Waals surface area (Å²) in [6, 6.07) is 5.99. The standard InChI is InChI=1S/C19H13ClF3NO3/c1-9-6-11(19(21,22)23)7-14-10(2)8-24(16(9)14)17(25)12-4-3-5-13(15(12)20)18(26)27/h3-8H,1-2H3,(H,26,27). The molecule has 0 aliphatic heterocycles. The van der Waals surface area contributed by atoms with E-state index in [0.29, 0.717) is 16.5 Å². The average molecular weight is 396 g/mol. The molecule has 4 nitrogen and oxygen atoms in total. The predicted molar refractivity (Wildman–Crippen MR) is 94.6 cm³/mol. The zero-order valence-electron chi connectivity index (χ0n) is 14.2. The lowest BCUT2D eigenvalue weighted by molar-refractivity contribution is -0.137. The fourth-order valence-electron chi connectivity index (χ4n) is 3.04. The van der Waals surface area contributed by atoms with Gasteiger partial charge in [-0.15, -0.1) is 0 Å². The van der Waals surface area contributed by atoms with Crippen molar-refractivity contribution in [3.8, 4) is 0 Å². The molecule has 3 rings (SSSR count). The Morgan fingerprint density at radius 3 is 2.30 bits per heavy atom. The maximum atomic E-state index is 13.1. The molecule has 2 aromatic carbocycles. The fraction of sp³-hybridized carbons (Fsp3) is 0.158. The second-order valence-corrected chi connectivity index (χ2v) is 6.52. The van der Waals surface area contributed by atoms with Crippen molar-refractivity contribution in [2.45, 2.75) is 20.0 Å². The van der Waals surface area contributed by atoms with Gasteiger partial charge in [-0.05, 0) is 49.2 Å². The summed E-state index contributed by atoms with van der Waals surface area (Å²) in [6.07, 6.45) is -3.08. The number of carbonyl (C=O) groups is 2. The van der Waals surface area contributed by atoms with Crippen molar-refractivity contribution in [3.63, 3.8) is 0 Å². The van der Waals surface area contributed by atoms with Gasteiger partial charge in [-0.1, -0.05) is 17.7 Å². The molecule has 27 heavy (non-hydrogen) atoms. The highest BCUT2D eigenvalue weighted by atomic mass is 35.5. The second kappa shape index (κ2) is 6.42. The van der Waals surface area contributed by atoms with Crippen LogP contribution in [0.2, 0.25) is 5.02 Å². The average Bonchev–Trinajstić information content (AvgIpc) is 2.91. The first-order chi connectivity index (χ1) is 12.5. The lowest BCUT2D eigenvalue weighted by atomic mass is 10.0. The summed E-state index contributed by atoms with van der Waals surface area (Å²) < 4.78 is 40.5. The van der Waals surface area contributed by atoms with E-state index in [9.17, 15) is 22.8 Å². The number of carboxylic acids is 1. The number of fused-ring (bicyclic) bond motifs is 1. The van der Waals surface area contributed by atoms with Crippen LogP contribution in [-0.2, 0) is 6.18 Å². The van der Waals surface area contributed by atoms with Gasteiger partial charge in [-0.25, -0.2) is 4.79 Å². The first kappa shape index (κ1) is 19.0. The molecule has 0 unspecified atom stereocenters. The first-order valence-corrected chi connectivity index (χ1v) is 8.16. The smallest absolute Gasteiger partial charge is 0.416 e. The van der Waals surface area contributed by atoms with Crippen LogP contribution >= 0.6 is 11.6 Å². The molecule has 0 aliphatic rings. The number of aromatic nitrogens is 1. The van der Waals surface area contributed by atoms with Crippen molar-refractivity contribution in [1.82, 2.24) is 4.57 Å². The van der Waals surface area contributed by atoms with Crippen LogP contribution in [0.25, 0.3) is 10.9 Å². The molecule has 0 amide bonds. The molecule has 0 bridgehead atoms. The number of hydrogen-bond donors (Lipinski definition) is 1. The molecular weight excluding hydrogens is 383 g/mol. The molecule has 1 heterocycles. The van der Waals surface area contributed by atoms with E-state index >= 15 is 0 Å². The number of nitrogens with zero attached hydrogens (tertiary/aromatic N) is 1. The van der Waals surface area contributed by atoms with Crippen molar-refractivity contribution < 1.29 is 27.9 Å². The number of hydrogen-bond acceptors (Lipinski definition) is 2. The maximum Gasteiger partial charge on any atom is 0.416 e. The zero-order chi connectivity index (χ0) is 20.1. The van der Waals surface area contributed by atoms with Gasteiger partial charge in [0.1, 0.15) is 0 Å². The Morgan fingerprint density at radius 1 is 1.07 bits per heavy atom. The highest BCUT2D eigenvalue weighted by Crippen LogP contribution is 2.35. The Labute approximate surface area is 156 Å². The van der Waals surface area contributed by atoms with Crippen molar-refractivity contribution in [2.75, 3.05) is 0 Å². The molecule has 1 aromatic heterocycles. The monoisotopic (exact) mass is 395 g/mol. The van der Waals surface area contributed by atoms with Crippen molar-refractivity contribution >= 4 is 34.4 Å². The van der Waals surface area contributed by atoms with Crippen LogP contribution < -0.4 is 0 Å². The van der Waals surface area contributed by atoms with E-state index in [1.54, 1.807) is 6.92 Å². The molecule has 0 atom stereocenters. The Bertz CT molecular complexity index is 1100. The van der Waals surface area contributed by atoms with E-state index in [0.717, 1.165) is 12.1 Å². The number of carboxylic acid groups (broad SMARTS) is 1. The lowest BCUT2D eigenvalue weighted by Crippen LogP contribution is -2.14. The summed E-state index contributed by atoms with van der Waals surface area (Å²) in [6.45, 7) is 3.08. The van der Waals surface area contributed by atoms with E-state index < -0.39 is 23.6 Å². The lowest BCUT2D eigenvalue weighted by Gasteiger charge is -2.12. The number of halogens is 4. The zero-order valence-corrected chi connectivity index (χ0v) is 14.9. The molecule has 0 saturated heterocycles. The Balaban J connectivity index is 2.23. The summed E-state index contributed by atoms with van der Waals surface area (Å²) >= 11 is 6.07. The number of aromatic carboxylic acids is 1. The van der Waals surface area contributed by atoms with Crippen LogP contribution in [0.5, 0.6) is 0 Å². The first-order valence-electron chi connectivity index (χ1n) is 7.78. The van der Waals surface area contributed by atoms with Gasteiger partial charge in [0.2, 0.25) is 0 Å². The molecule has 3 aromatic rings.